The van der Waals surface area contributed by atoms with Crippen molar-refractivity contribution < 1.29 is 23.8 Å². The molecule has 0 spiro atoms. The second kappa shape index (κ2) is 15.9. The van der Waals surface area contributed by atoms with Crippen LogP contribution in [0.2, 0.25) is 6.32 Å². The van der Waals surface area contributed by atoms with Crippen molar-refractivity contribution in [1.82, 2.24) is 0 Å². The first-order chi connectivity index (χ1) is 14.1. The lowest BCUT2D eigenvalue weighted by Gasteiger charge is -2.16. The molecule has 5 nitrogen and oxygen atoms in total. The van der Waals surface area contributed by atoms with E-state index in [4.69, 9.17) is 22.1 Å². The zero-order valence-corrected chi connectivity index (χ0v) is 18.0. The lowest BCUT2D eigenvalue weighted by molar-refractivity contribution is -0.144. The highest BCUT2D eigenvalue weighted by atomic mass is 16.5. The van der Waals surface area contributed by atoms with E-state index in [-0.39, 0.29) is 11.9 Å². The molecule has 0 unspecified atom stereocenters. The molecular weight excluding hydrogens is 367 g/mol. The van der Waals surface area contributed by atoms with Gasteiger partial charge in [0, 0.05) is 12.8 Å². The fourth-order valence-electron chi connectivity index (χ4n) is 3.17. The summed E-state index contributed by atoms with van der Waals surface area (Å²) in [6, 6.07) is 6.03. The van der Waals surface area contributed by atoms with E-state index in [0.717, 1.165) is 49.7 Å². The van der Waals surface area contributed by atoms with Gasteiger partial charge in [-0.1, -0.05) is 37.7 Å². The smallest absolute Gasteiger partial charge is 0.306 e. The van der Waals surface area contributed by atoms with Crippen molar-refractivity contribution in [3.05, 3.63) is 29.3 Å². The number of aryl methyl sites for hydroxylation is 1. The highest BCUT2D eigenvalue weighted by Crippen LogP contribution is 2.26. The second-order valence-corrected chi connectivity index (χ2v) is 6.91. The minimum Gasteiger partial charge on any atom is -0.493 e. The van der Waals surface area contributed by atoms with Crippen molar-refractivity contribution >= 4 is 19.8 Å². The molecule has 160 valence electrons. The van der Waals surface area contributed by atoms with Crippen LogP contribution >= 0.6 is 0 Å². The monoisotopic (exact) mass is 402 g/mol. The third-order valence-corrected chi connectivity index (χ3v) is 4.60. The van der Waals surface area contributed by atoms with Gasteiger partial charge in [-0.15, -0.1) is 0 Å². The Morgan fingerprint density at radius 3 is 2.24 bits per heavy atom. The van der Waals surface area contributed by atoms with E-state index < -0.39 is 0 Å². The lowest BCUT2D eigenvalue weighted by atomic mass is 9.95. The molecule has 6 heteroatoms. The van der Waals surface area contributed by atoms with Gasteiger partial charge in [0.25, 0.3) is 0 Å². The highest BCUT2D eigenvalue weighted by Gasteiger charge is 2.13. The minimum absolute atomic E-state index is 0.196. The van der Waals surface area contributed by atoms with Gasteiger partial charge < -0.3 is 14.2 Å². The Balaban J connectivity index is 2.71. The predicted molar refractivity (Wildman–Crippen MR) is 115 cm³/mol. The summed E-state index contributed by atoms with van der Waals surface area (Å²) in [6.07, 6.45) is 7.95. The number of benzene rings is 1. The van der Waals surface area contributed by atoms with Crippen LogP contribution in [0.15, 0.2) is 18.2 Å². The number of hydrogen-bond donors (Lipinski definition) is 0. The van der Waals surface area contributed by atoms with Crippen LogP contribution in [0, 0.1) is 0 Å². The molecule has 0 saturated carbocycles. The van der Waals surface area contributed by atoms with Crippen LogP contribution in [0.1, 0.15) is 69.9 Å². The van der Waals surface area contributed by atoms with Crippen LogP contribution in [0.3, 0.4) is 0 Å². The van der Waals surface area contributed by atoms with Crippen LogP contribution in [0.25, 0.3) is 0 Å². The van der Waals surface area contributed by atoms with E-state index in [1.165, 1.54) is 5.56 Å². The first-order valence-corrected chi connectivity index (χ1v) is 10.9. The predicted octanol–water partition coefficient (Wildman–Crippen LogP) is 4.59. The quantitative estimate of drug-likeness (QED) is 0.230. The fraction of sp³-hybridized carbons (Fsp3) is 0.652. The molecule has 0 N–H and O–H groups in total. The molecule has 1 aromatic carbocycles. The topological polar surface area (TPSA) is 61.8 Å². The van der Waals surface area contributed by atoms with Crippen LogP contribution in [0.4, 0.5) is 0 Å². The molecule has 1 rings (SSSR count). The average Bonchev–Trinajstić information content (AvgIpc) is 2.70. The van der Waals surface area contributed by atoms with Crippen LogP contribution < -0.4 is 4.74 Å². The summed E-state index contributed by atoms with van der Waals surface area (Å²) < 4.78 is 16.0. The molecule has 2 radical (unpaired) electrons. The van der Waals surface area contributed by atoms with Crippen molar-refractivity contribution in [3.63, 3.8) is 0 Å². The zero-order valence-electron chi connectivity index (χ0n) is 18.0. The molecular formula is C23H35BO5. The van der Waals surface area contributed by atoms with E-state index >= 15 is 0 Å². The summed E-state index contributed by atoms with van der Waals surface area (Å²) in [5, 5.41) is 0. The molecule has 0 aliphatic rings. The molecule has 0 bridgehead atoms. The van der Waals surface area contributed by atoms with E-state index in [2.05, 4.69) is 6.07 Å². The SMILES string of the molecule is [B]CCCCCCc1cccc(OCCCC(=O)OCC)c1CCC(=O)OCC. The summed E-state index contributed by atoms with van der Waals surface area (Å²) >= 11 is 0. The van der Waals surface area contributed by atoms with Gasteiger partial charge in [0.05, 0.1) is 27.7 Å². The van der Waals surface area contributed by atoms with Gasteiger partial charge in [-0.25, -0.2) is 0 Å². The van der Waals surface area contributed by atoms with Crippen LogP contribution in [-0.2, 0) is 31.9 Å². The molecule has 0 atom stereocenters. The number of carbonyl (C=O) groups is 2. The third kappa shape index (κ3) is 11.0. The maximum atomic E-state index is 11.8. The molecule has 1 aromatic rings. The largest absolute Gasteiger partial charge is 0.493 e. The van der Waals surface area contributed by atoms with Gasteiger partial charge in [-0.2, -0.15) is 0 Å². The normalized spacial score (nSPS) is 10.6. The highest BCUT2D eigenvalue weighted by molar-refractivity contribution is 6.08. The Kier molecular flexibility index (Phi) is 13.7. The van der Waals surface area contributed by atoms with Crippen LogP contribution in [0.5, 0.6) is 5.75 Å². The second-order valence-electron chi connectivity index (χ2n) is 6.91. The first kappa shape index (κ1) is 25.1. The molecule has 0 fully saturated rings. The zero-order chi connectivity index (χ0) is 21.3. The molecule has 0 saturated heterocycles. The van der Waals surface area contributed by atoms with Crippen molar-refractivity contribution in [3.8, 4) is 5.75 Å². The number of ether oxygens (including phenoxy) is 3. The van der Waals surface area contributed by atoms with Gasteiger partial charge in [-0.05, 0) is 56.7 Å². The lowest BCUT2D eigenvalue weighted by Crippen LogP contribution is -2.10. The van der Waals surface area contributed by atoms with Crippen molar-refractivity contribution in [2.75, 3.05) is 19.8 Å². The van der Waals surface area contributed by atoms with Crippen molar-refractivity contribution in [1.29, 1.82) is 0 Å². The Morgan fingerprint density at radius 2 is 1.55 bits per heavy atom. The van der Waals surface area contributed by atoms with E-state index in [0.29, 0.717) is 45.5 Å². The standard InChI is InChI=1S/C23H35BO5/c1-3-27-22(25)14-10-18-29-21-13-9-12-19(11-7-5-6-8-17-24)20(21)15-16-23(26)28-4-2/h9,12-13H,3-8,10-11,14-18H2,1-2H3. The molecule has 0 aromatic heterocycles. The number of carbonyl (C=O) groups excluding carboxylic acids is 2. The Labute approximate surface area is 176 Å². The van der Waals surface area contributed by atoms with E-state index in [1.807, 2.05) is 19.1 Å². The van der Waals surface area contributed by atoms with E-state index in [9.17, 15) is 9.59 Å². The van der Waals surface area contributed by atoms with Gasteiger partial charge >= 0.3 is 11.9 Å². The molecule has 0 heterocycles. The number of hydrogen-bond acceptors (Lipinski definition) is 5. The molecule has 0 amide bonds. The minimum atomic E-state index is -0.204. The summed E-state index contributed by atoms with van der Waals surface area (Å²) in [5.41, 5.74) is 2.28. The van der Waals surface area contributed by atoms with Gasteiger partial charge in [0.2, 0.25) is 0 Å². The third-order valence-electron chi connectivity index (χ3n) is 4.60. The number of esters is 2. The summed E-state index contributed by atoms with van der Waals surface area (Å²) in [5.74, 6) is 0.390. The number of unbranched alkanes of at least 4 members (excludes halogenated alkanes) is 3. The fourth-order valence-corrected chi connectivity index (χ4v) is 3.17. The van der Waals surface area contributed by atoms with Crippen molar-refractivity contribution in [2.24, 2.45) is 0 Å². The first-order valence-electron chi connectivity index (χ1n) is 10.9. The maximum absolute atomic E-state index is 11.8. The average molecular weight is 402 g/mol. The maximum Gasteiger partial charge on any atom is 0.306 e. The Morgan fingerprint density at radius 1 is 0.862 bits per heavy atom. The summed E-state index contributed by atoms with van der Waals surface area (Å²) in [4.78, 5) is 23.3. The summed E-state index contributed by atoms with van der Waals surface area (Å²) in [7, 11) is 5.56. The molecule has 0 aliphatic carbocycles. The molecule has 29 heavy (non-hydrogen) atoms. The number of rotatable bonds is 16. The van der Waals surface area contributed by atoms with Crippen LogP contribution in [-0.4, -0.2) is 39.6 Å². The Bertz CT molecular complexity index is 603. The van der Waals surface area contributed by atoms with Gasteiger partial charge in [0.15, 0.2) is 0 Å². The van der Waals surface area contributed by atoms with Crippen molar-refractivity contribution in [2.45, 2.75) is 78.0 Å². The van der Waals surface area contributed by atoms with Gasteiger partial charge in [0.1, 0.15) is 5.75 Å². The van der Waals surface area contributed by atoms with E-state index in [1.54, 1.807) is 6.92 Å². The molecule has 0 aliphatic heterocycles. The Hall–Kier alpha value is -1.98. The summed E-state index contributed by atoms with van der Waals surface area (Å²) in [6.45, 7) is 4.83. The van der Waals surface area contributed by atoms with Gasteiger partial charge in [-0.3, -0.25) is 9.59 Å².